The molecule has 0 amide bonds. The van der Waals surface area contributed by atoms with Crippen LogP contribution in [0.1, 0.15) is 61.6 Å². The molecule has 1 N–H and O–H groups in total. The number of fused-ring (bicyclic) bond motifs is 1. The maximum absolute atomic E-state index is 13.1. The monoisotopic (exact) mass is 464 g/mol. The molecule has 1 fully saturated rings. The van der Waals surface area contributed by atoms with Crippen molar-refractivity contribution in [3.8, 4) is 5.75 Å². The van der Waals surface area contributed by atoms with Gasteiger partial charge < -0.3 is 9.47 Å². The second kappa shape index (κ2) is 8.83. The highest BCUT2D eigenvalue weighted by atomic mass is 32.2. The summed E-state index contributed by atoms with van der Waals surface area (Å²) in [7, 11) is 0. The average molecular weight is 465 g/mol. The van der Waals surface area contributed by atoms with Crippen molar-refractivity contribution in [2.24, 2.45) is 4.99 Å². The summed E-state index contributed by atoms with van der Waals surface area (Å²) < 4.78 is 13.9. The van der Waals surface area contributed by atoms with Crippen molar-refractivity contribution in [2.45, 2.75) is 57.1 Å². The van der Waals surface area contributed by atoms with Gasteiger partial charge in [-0.3, -0.25) is 19.6 Å². The minimum absolute atomic E-state index is 0.0790. The molecule has 1 aromatic carbocycles. The zero-order chi connectivity index (χ0) is 23.0. The first kappa shape index (κ1) is 22.0. The van der Waals surface area contributed by atoms with Gasteiger partial charge in [0.05, 0.1) is 27.5 Å². The number of ether oxygens (including phenoxy) is 2. The van der Waals surface area contributed by atoms with E-state index in [1.807, 2.05) is 48.0 Å². The van der Waals surface area contributed by atoms with Crippen LogP contribution in [0.2, 0.25) is 0 Å². The molecule has 33 heavy (non-hydrogen) atoms. The van der Waals surface area contributed by atoms with Crippen LogP contribution >= 0.6 is 11.8 Å². The number of aromatic nitrogens is 3. The van der Waals surface area contributed by atoms with Gasteiger partial charge >= 0.3 is 0 Å². The quantitative estimate of drug-likeness (QED) is 0.564. The van der Waals surface area contributed by atoms with Gasteiger partial charge in [0.1, 0.15) is 12.4 Å². The van der Waals surface area contributed by atoms with Crippen LogP contribution in [-0.2, 0) is 11.3 Å². The Morgan fingerprint density at radius 3 is 2.97 bits per heavy atom. The van der Waals surface area contributed by atoms with Crippen molar-refractivity contribution >= 4 is 22.6 Å². The fourth-order valence-corrected chi connectivity index (χ4v) is 5.64. The van der Waals surface area contributed by atoms with Crippen molar-refractivity contribution in [1.29, 1.82) is 0 Å². The van der Waals surface area contributed by atoms with Crippen LogP contribution in [0, 0.1) is 0 Å². The van der Waals surface area contributed by atoms with E-state index < -0.39 is 0 Å². The number of H-pyrrole nitrogens is 1. The van der Waals surface area contributed by atoms with Gasteiger partial charge in [0.25, 0.3) is 5.56 Å². The lowest BCUT2D eigenvalue weighted by molar-refractivity contribution is -0.0705. The lowest BCUT2D eigenvalue weighted by Gasteiger charge is -2.36. The Hall–Kier alpha value is -2.84. The summed E-state index contributed by atoms with van der Waals surface area (Å²) in [6.45, 7) is 7.30. The lowest BCUT2D eigenvalue weighted by atomic mass is 9.94. The predicted octanol–water partition coefficient (Wildman–Crippen LogP) is 5.17. The normalized spacial score (nSPS) is 21.8. The molecule has 0 unspecified atom stereocenters. The maximum Gasteiger partial charge on any atom is 0.271 e. The summed E-state index contributed by atoms with van der Waals surface area (Å²) in [6, 6.07) is 12.0. The largest absolute Gasteiger partial charge is 0.489 e. The van der Waals surface area contributed by atoms with Crippen molar-refractivity contribution in [3.05, 3.63) is 75.8 Å². The minimum atomic E-state index is -0.224. The number of hydrogen-bond donors (Lipinski definition) is 1. The van der Waals surface area contributed by atoms with Gasteiger partial charge in [-0.2, -0.15) is 0 Å². The molecule has 7 nitrogen and oxygen atoms in total. The van der Waals surface area contributed by atoms with E-state index in [0.29, 0.717) is 18.8 Å². The number of benzene rings is 1. The molecule has 0 radical (unpaired) electrons. The number of aromatic amines is 1. The van der Waals surface area contributed by atoms with Crippen LogP contribution in [0.15, 0.2) is 58.6 Å². The Morgan fingerprint density at radius 1 is 1.30 bits per heavy atom. The lowest BCUT2D eigenvalue weighted by Crippen LogP contribution is -2.35. The molecule has 0 aliphatic carbocycles. The number of thioether (sulfide) groups is 1. The van der Waals surface area contributed by atoms with E-state index in [0.717, 1.165) is 40.6 Å². The van der Waals surface area contributed by atoms with Gasteiger partial charge in [0, 0.05) is 24.6 Å². The van der Waals surface area contributed by atoms with E-state index in [-0.39, 0.29) is 22.5 Å². The third-order valence-electron chi connectivity index (χ3n) is 6.08. The van der Waals surface area contributed by atoms with E-state index in [9.17, 15) is 4.79 Å². The Morgan fingerprint density at radius 2 is 2.18 bits per heavy atom. The molecule has 1 saturated heterocycles. The molecule has 2 aliphatic rings. The molecule has 2 aromatic heterocycles. The third-order valence-corrected chi connectivity index (χ3v) is 7.25. The second-order valence-corrected chi connectivity index (χ2v) is 10.5. The molecule has 0 saturated carbocycles. The molecule has 172 valence electrons. The summed E-state index contributed by atoms with van der Waals surface area (Å²) >= 11 is 1.61. The van der Waals surface area contributed by atoms with E-state index in [1.165, 1.54) is 0 Å². The number of rotatable bonds is 5. The van der Waals surface area contributed by atoms with Crippen molar-refractivity contribution in [3.63, 3.8) is 0 Å². The average Bonchev–Trinajstić information content (AvgIpc) is 3.13. The van der Waals surface area contributed by atoms with Crippen molar-refractivity contribution in [2.75, 3.05) is 6.61 Å². The van der Waals surface area contributed by atoms with Crippen LogP contribution < -0.4 is 10.3 Å². The fraction of sp³-hybridized carbons (Fsp3) is 0.400. The molecule has 2 aliphatic heterocycles. The first-order chi connectivity index (χ1) is 15.9. The summed E-state index contributed by atoms with van der Waals surface area (Å²) in [5, 5.41) is 3.89. The molecule has 8 heteroatoms. The summed E-state index contributed by atoms with van der Waals surface area (Å²) in [5.74, 6) is 1.51. The van der Waals surface area contributed by atoms with Gasteiger partial charge in [0.15, 0.2) is 5.82 Å². The number of hydrogen-bond acceptors (Lipinski definition) is 6. The Balaban J connectivity index is 1.45. The van der Waals surface area contributed by atoms with E-state index >= 15 is 0 Å². The zero-order valence-corrected chi connectivity index (χ0v) is 19.9. The first-order valence-corrected chi connectivity index (χ1v) is 12.1. The van der Waals surface area contributed by atoms with Crippen LogP contribution in [0.4, 0.5) is 5.82 Å². The summed E-state index contributed by atoms with van der Waals surface area (Å²) in [5.41, 5.74) is 2.44. The first-order valence-electron chi connectivity index (χ1n) is 11.2. The topological polar surface area (TPSA) is 81.5 Å². The highest BCUT2D eigenvalue weighted by Gasteiger charge is 2.35. The standard InChI is InChI=1S/C25H28N4O3S/c1-16-27-23-21(24(30)28-29(23)19-9-11-32-25(2,3)13-19)22(33-16)18-7-4-8-20(12-18)31-15-17-6-5-10-26-14-17/h4-8,10,12,14,19,22H,9,11,13,15H2,1-3H3,(H,28,30)/t19-,22-/m1/s1. The van der Waals surface area contributed by atoms with Gasteiger partial charge in [0.2, 0.25) is 0 Å². The minimum Gasteiger partial charge on any atom is -0.489 e. The fourth-order valence-electron chi connectivity index (χ4n) is 4.55. The SMILES string of the molecule is CC1=Nc2c(c(=O)[nH]n2[C@@H]2CCOC(C)(C)C2)[C@@H](c2cccc(OCc3cccnc3)c2)S1. The van der Waals surface area contributed by atoms with Crippen LogP contribution in [0.25, 0.3) is 0 Å². The molecule has 2 atom stereocenters. The Labute approximate surface area is 197 Å². The molecular weight excluding hydrogens is 436 g/mol. The highest BCUT2D eigenvalue weighted by molar-refractivity contribution is 8.14. The molecule has 5 rings (SSSR count). The van der Waals surface area contributed by atoms with Gasteiger partial charge in [-0.1, -0.05) is 30.0 Å². The number of aliphatic imine (C=N–C) groups is 1. The van der Waals surface area contributed by atoms with Gasteiger partial charge in [-0.15, -0.1) is 0 Å². The molecule has 0 bridgehead atoms. The second-order valence-electron chi connectivity index (χ2n) is 9.15. The number of nitrogens with zero attached hydrogens (tertiary/aromatic N) is 3. The highest BCUT2D eigenvalue weighted by Crippen LogP contribution is 2.46. The van der Waals surface area contributed by atoms with Crippen molar-refractivity contribution in [1.82, 2.24) is 14.8 Å². The van der Waals surface area contributed by atoms with Gasteiger partial charge in [-0.05, 0) is 57.4 Å². The molecule has 0 spiro atoms. The zero-order valence-electron chi connectivity index (χ0n) is 19.1. The molecule has 4 heterocycles. The summed E-state index contributed by atoms with van der Waals surface area (Å²) in [4.78, 5) is 22.1. The van der Waals surface area contributed by atoms with E-state index in [1.54, 1.807) is 24.2 Å². The summed E-state index contributed by atoms with van der Waals surface area (Å²) in [6.07, 6.45) is 5.22. The number of nitrogens with one attached hydrogen (secondary N) is 1. The van der Waals surface area contributed by atoms with Crippen LogP contribution in [-0.4, -0.2) is 32.0 Å². The molecular formula is C25H28N4O3S. The van der Waals surface area contributed by atoms with Crippen molar-refractivity contribution < 1.29 is 9.47 Å². The molecule has 3 aromatic rings. The van der Waals surface area contributed by atoms with E-state index in [2.05, 4.69) is 23.9 Å². The Bertz CT molecular complexity index is 1230. The third kappa shape index (κ3) is 4.63. The van der Waals surface area contributed by atoms with Crippen LogP contribution in [0.5, 0.6) is 5.75 Å². The van der Waals surface area contributed by atoms with E-state index in [4.69, 9.17) is 14.5 Å². The smallest absolute Gasteiger partial charge is 0.271 e. The van der Waals surface area contributed by atoms with Crippen LogP contribution in [0.3, 0.4) is 0 Å². The number of pyridine rings is 1. The maximum atomic E-state index is 13.1. The predicted molar refractivity (Wildman–Crippen MR) is 131 cm³/mol. The van der Waals surface area contributed by atoms with Gasteiger partial charge in [-0.25, -0.2) is 4.99 Å². The Kier molecular flexibility index (Phi) is 5.88.